The Balaban J connectivity index is 1.74. The lowest BCUT2D eigenvalue weighted by atomic mass is 10.1. The van der Waals surface area contributed by atoms with Crippen LogP contribution in [0, 0.1) is 0 Å². The minimum atomic E-state index is 0.577. The third kappa shape index (κ3) is 3.76. The largest absolute Gasteiger partial charge is 0.313 e. The molecule has 0 saturated heterocycles. The molecule has 2 aromatic carbocycles. The number of rotatable bonds is 4. The molecule has 2 heterocycles. The van der Waals surface area contributed by atoms with E-state index in [1.54, 1.807) is 6.07 Å². The molecule has 8 heteroatoms. The van der Waals surface area contributed by atoms with Gasteiger partial charge in [0, 0.05) is 26.3 Å². The van der Waals surface area contributed by atoms with Gasteiger partial charge >= 0.3 is 5.01 Å². The number of aryl methyl sites for hydroxylation is 1. The first-order valence-corrected chi connectivity index (χ1v) is 11.6. The van der Waals surface area contributed by atoms with Crippen LogP contribution in [0.4, 0.5) is 5.69 Å². The second kappa shape index (κ2) is 8.20. The van der Waals surface area contributed by atoms with Crippen molar-refractivity contribution < 1.29 is 15.1 Å². The zero-order valence-electron chi connectivity index (χ0n) is 15.8. The normalized spacial score (nSPS) is 15.6. The Morgan fingerprint density at radius 2 is 2.00 bits per heavy atom. The summed E-state index contributed by atoms with van der Waals surface area (Å²) >= 11 is 15.3. The van der Waals surface area contributed by atoms with Gasteiger partial charge in [0.15, 0.2) is 0 Å². The van der Waals surface area contributed by atoms with E-state index < -0.39 is 0 Å². The van der Waals surface area contributed by atoms with Crippen molar-refractivity contribution in [3.05, 3.63) is 67.6 Å². The van der Waals surface area contributed by atoms with E-state index in [0.717, 1.165) is 44.2 Å². The molecule has 2 N–H and O–H groups in total. The van der Waals surface area contributed by atoms with E-state index in [-0.39, 0.29) is 0 Å². The maximum Gasteiger partial charge on any atom is 0.313 e. The summed E-state index contributed by atoms with van der Waals surface area (Å²) < 4.78 is 2.19. The van der Waals surface area contributed by atoms with Gasteiger partial charge in [-0.2, -0.15) is 0 Å². The molecule has 0 radical (unpaired) electrons. The van der Waals surface area contributed by atoms with Gasteiger partial charge < -0.3 is 0 Å². The Morgan fingerprint density at radius 1 is 1.21 bits per heavy atom. The fourth-order valence-electron chi connectivity index (χ4n) is 3.27. The van der Waals surface area contributed by atoms with Gasteiger partial charge in [-0.05, 0) is 54.8 Å². The van der Waals surface area contributed by atoms with Crippen LogP contribution in [0.1, 0.15) is 30.8 Å². The van der Waals surface area contributed by atoms with E-state index in [0.29, 0.717) is 25.8 Å². The second-order valence-electron chi connectivity index (χ2n) is 6.56. The zero-order chi connectivity index (χ0) is 20.7. The molecular weight excluding hydrogens is 447 g/mol. The molecule has 4 rings (SSSR count). The first-order chi connectivity index (χ1) is 13.9. The number of fused-ring (bicyclic) bond motifs is 2. The number of halogens is 2. The summed E-state index contributed by atoms with van der Waals surface area (Å²) in [5.74, 6) is 0. The van der Waals surface area contributed by atoms with Crippen molar-refractivity contribution in [1.29, 1.82) is 0 Å². The van der Waals surface area contributed by atoms with Crippen LogP contribution >= 0.6 is 46.3 Å². The van der Waals surface area contributed by atoms with Crippen LogP contribution in [0.5, 0.6) is 0 Å². The third-order valence-corrected chi connectivity index (χ3v) is 7.48. The Labute approximate surface area is 187 Å². The SMILES string of the molecule is CCC(=Cc1sc2ccc(Cl)c(CC)c2[n+]1O)C=C1Sc2ccc(Cl)cc2N1O. The Morgan fingerprint density at radius 3 is 2.72 bits per heavy atom. The van der Waals surface area contributed by atoms with Crippen molar-refractivity contribution in [1.82, 2.24) is 0 Å². The van der Waals surface area contributed by atoms with Crippen LogP contribution < -0.4 is 9.79 Å². The van der Waals surface area contributed by atoms with E-state index in [1.165, 1.54) is 27.8 Å². The maximum atomic E-state index is 10.8. The maximum absolute atomic E-state index is 10.8. The standard InChI is InChI=1S/C21H19Cl2N2O2S2/c1-3-12(9-19-24(26)16-11-13(22)5-7-17(16)28-19)10-20-25(27)21-14(4-2)15(23)6-8-18(21)29-20/h5-11,26-27H,3-4H2,1-2H3/q+1. The molecule has 150 valence electrons. The van der Waals surface area contributed by atoms with E-state index in [1.807, 2.05) is 50.3 Å². The summed E-state index contributed by atoms with van der Waals surface area (Å²) in [5, 5.41) is 25.1. The molecule has 0 spiro atoms. The Bertz CT molecular complexity index is 1170. The fourth-order valence-corrected chi connectivity index (χ4v) is 5.78. The molecule has 0 saturated carbocycles. The topological polar surface area (TPSA) is 47.6 Å². The highest BCUT2D eigenvalue weighted by Gasteiger charge is 2.26. The van der Waals surface area contributed by atoms with Crippen molar-refractivity contribution in [3.63, 3.8) is 0 Å². The quantitative estimate of drug-likeness (QED) is 0.323. The average Bonchev–Trinajstić information content (AvgIpc) is 3.19. The molecule has 1 aliphatic heterocycles. The highest BCUT2D eigenvalue weighted by atomic mass is 35.5. The molecule has 1 aromatic heterocycles. The molecule has 3 aromatic rings. The van der Waals surface area contributed by atoms with E-state index in [2.05, 4.69) is 0 Å². The number of anilines is 1. The molecule has 0 atom stereocenters. The number of thioether (sulfide) groups is 1. The minimum absolute atomic E-state index is 0.577. The second-order valence-corrected chi connectivity index (χ2v) is 9.53. The highest BCUT2D eigenvalue weighted by molar-refractivity contribution is 8.03. The number of benzene rings is 2. The predicted molar refractivity (Wildman–Crippen MR) is 122 cm³/mol. The van der Waals surface area contributed by atoms with Crippen molar-refractivity contribution in [2.24, 2.45) is 0 Å². The van der Waals surface area contributed by atoms with Crippen LogP contribution in [0.3, 0.4) is 0 Å². The predicted octanol–water partition coefficient (Wildman–Crippen LogP) is 6.93. The van der Waals surface area contributed by atoms with Crippen LogP contribution in [0.2, 0.25) is 10.0 Å². The zero-order valence-corrected chi connectivity index (χ0v) is 19.0. The van der Waals surface area contributed by atoms with E-state index in [9.17, 15) is 10.4 Å². The molecule has 1 aliphatic rings. The van der Waals surface area contributed by atoms with Gasteiger partial charge in [0.1, 0.15) is 9.73 Å². The molecule has 0 unspecified atom stereocenters. The molecule has 29 heavy (non-hydrogen) atoms. The van der Waals surface area contributed by atoms with Gasteiger partial charge in [-0.3, -0.25) is 10.4 Å². The lowest BCUT2D eigenvalue weighted by Gasteiger charge is -2.11. The number of hydroxylamine groups is 1. The fraction of sp³-hybridized carbons (Fsp3) is 0.190. The van der Waals surface area contributed by atoms with Crippen LogP contribution in [0.25, 0.3) is 16.3 Å². The summed E-state index contributed by atoms with van der Waals surface area (Å²) in [6, 6.07) is 9.24. The summed E-state index contributed by atoms with van der Waals surface area (Å²) in [6.45, 7) is 4.06. The monoisotopic (exact) mass is 465 g/mol. The van der Waals surface area contributed by atoms with Crippen LogP contribution in [-0.2, 0) is 6.42 Å². The smallest absolute Gasteiger partial charge is 0.283 e. The van der Waals surface area contributed by atoms with Gasteiger partial charge in [0.25, 0.3) is 5.52 Å². The summed E-state index contributed by atoms with van der Waals surface area (Å²) in [5.41, 5.74) is 3.33. The number of nitrogens with zero attached hydrogens (tertiary/aromatic N) is 2. The summed E-state index contributed by atoms with van der Waals surface area (Å²) in [6.07, 6.45) is 5.34. The van der Waals surface area contributed by atoms with Crippen LogP contribution in [0.15, 0.2) is 51.9 Å². The highest BCUT2D eigenvalue weighted by Crippen LogP contribution is 2.46. The number of thiazole rings is 1. The molecular formula is C21H19Cl2N2O2S2+. The van der Waals surface area contributed by atoms with Gasteiger partial charge in [-0.15, -0.1) is 0 Å². The van der Waals surface area contributed by atoms with Crippen molar-refractivity contribution in [2.45, 2.75) is 31.6 Å². The van der Waals surface area contributed by atoms with Crippen molar-refractivity contribution in [2.75, 3.05) is 5.06 Å². The van der Waals surface area contributed by atoms with Gasteiger partial charge in [-0.25, -0.2) is 5.06 Å². The molecule has 4 nitrogen and oxygen atoms in total. The first-order valence-electron chi connectivity index (χ1n) is 9.16. The first kappa shape index (κ1) is 20.6. The van der Waals surface area contributed by atoms with Crippen molar-refractivity contribution in [3.8, 4) is 0 Å². The molecule has 0 amide bonds. The molecule has 0 aliphatic carbocycles. The minimum Gasteiger partial charge on any atom is -0.283 e. The Hall–Kier alpha value is -1.70. The Kier molecular flexibility index (Phi) is 5.82. The number of hydrogen-bond acceptors (Lipinski definition) is 5. The average molecular weight is 466 g/mol. The van der Waals surface area contributed by atoms with E-state index >= 15 is 0 Å². The molecule has 0 fully saturated rings. The lowest BCUT2D eigenvalue weighted by molar-refractivity contribution is -0.882. The number of aromatic nitrogens is 1. The molecule has 0 bridgehead atoms. The summed E-state index contributed by atoms with van der Waals surface area (Å²) in [7, 11) is 0. The van der Waals surface area contributed by atoms with Gasteiger partial charge in [0.05, 0.1) is 10.7 Å². The van der Waals surface area contributed by atoms with Gasteiger partial charge in [0.2, 0.25) is 0 Å². The van der Waals surface area contributed by atoms with Crippen molar-refractivity contribution >= 4 is 68.3 Å². The number of hydrogen-bond donors (Lipinski definition) is 2. The summed E-state index contributed by atoms with van der Waals surface area (Å²) in [4.78, 5) is 0.944. The van der Waals surface area contributed by atoms with E-state index in [4.69, 9.17) is 23.2 Å². The lowest BCUT2D eigenvalue weighted by Crippen LogP contribution is -2.32. The third-order valence-electron chi connectivity index (χ3n) is 4.78. The van der Waals surface area contributed by atoms with Gasteiger partial charge in [-0.1, -0.05) is 60.1 Å². The van der Waals surface area contributed by atoms with Crippen LogP contribution in [-0.4, -0.2) is 10.4 Å². The number of allylic oxidation sites excluding steroid dienone is 2.